The van der Waals surface area contributed by atoms with Gasteiger partial charge in [0.05, 0.1) is 6.61 Å². The Morgan fingerprint density at radius 3 is 2.19 bits per heavy atom. The van der Waals surface area contributed by atoms with E-state index < -0.39 is 0 Å². The molecular formula is C19H30O2. The third-order valence-electron chi connectivity index (χ3n) is 3.71. The quantitative estimate of drug-likeness (QED) is 0.397. The van der Waals surface area contributed by atoms with Gasteiger partial charge in [0, 0.05) is 6.61 Å². The van der Waals surface area contributed by atoms with Crippen LogP contribution < -0.4 is 0 Å². The number of unbranched alkanes of at least 4 members (excludes halogenated alkanes) is 7. The molecule has 118 valence electrons. The smallest absolute Gasteiger partial charge is 0.118 e. The number of hydrogen-bond acceptors (Lipinski definition) is 2. The molecule has 1 N–H and O–H groups in total. The molecule has 0 aliphatic heterocycles. The van der Waals surface area contributed by atoms with Crippen LogP contribution in [0, 0.1) is 0 Å². The second-order valence-electron chi connectivity index (χ2n) is 5.57. The van der Waals surface area contributed by atoms with Crippen LogP contribution >= 0.6 is 0 Å². The normalized spacial score (nSPS) is 10.7. The van der Waals surface area contributed by atoms with E-state index in [1.54, 1.807) is 12.1 Å². The summed E-state index contributed by atoms with van der Waals surface area (Å²) in [4.78, 5) is 0. The maximum Gasteiger partial charge on any atom is 0.118 e. The van der Waals surface area contributed by atoms with Crippen LogP contribution in [0.15, 0.2) is 36.9 Å². The van der Waals surface area contributed by atoms with Crippen LogP contribution in [-0.4, -0.2) is 18.3 Å². The van der Waals surface area contributed by atoms with Gasteiger partial charge < -0.3 is 9.84 Å². The van der Waals surface area contributed by atoms with Crippen LogP contribution in [0.3, 0.4) is 0 Å². The molecule has 0 saturated carbocycles. The number of phenolic OH excluding ortho intramolecular Hbond substituents is 1. The van der Waals surface area contributed by atoms with Gasteiger partial charge in [-0.3, -0.25) is 0 Å². The summed E-state index contributed by atoms with van der Waals surface area (Å²) < 4.78 is 5.36. The van der Waals surface area contributed by atoms with Crippen LogP contribution in [0.1, 0.15) is 56.9 Å². The fourth-order valence-corrected chi connectivity index (χ4v) is 2.47. The molecule has 0 amide bonds. The number of rotatable bonds is 13. The van der Waals surface area contributed by atoms with Crippen molar-refractivity contribution in [2.75, 3.05) is 13.2 Å². The van der Waals surface area contributed by atoms with E-state index in [9.17, 15) is 5.11 Å². The zero-order valence-electron chi connectivity index (χ0n) is 13.2. The van der Waals surface area contributed by atoms with Crippen molar-refractivity contribution in [3.63, 3.8) is 0 Å². The highest BCUT2D eigenvalue weighted by Crippen LogP contribution is 2.18. The molecule has 1 aromatic rings. The maximum absolute atomic E-state index is 9.67. The zero-order valence-corrected chi connectivity index (χ0v) is 13.2. The lowest BCUT2D eigenvalue weighted by Gasteiger charge is -2.05. The third-order valence-corrected chi connectivity index (χ3v) is 3.71. The van der Waals surface area contributed by atoms with Crippen molar-refractivity contribution < 1.29 is 9.84 Å². The van der Waals surface area contributed by atoms with Gasteiger partial charge in [0.15, 0.2) is 0 Å². The van der Waals surface area contributed by atoms with Crippen molar-refractivity contribution in [1.82, 2.24) is 0 Å². The number of benzene rings is 1. The molecule has 1 aromatic carbocycles. The highest BCUT2D eigenvalue weighted by Gasteiger charge is 1.99. The number of aromatic hydroxyl groups is 1. The van der Waals surface area contributed by atoms with E-state index in [2.05, 4.69) is 6.58 Å². The molecule has 0 fully saturated rings. The summed E-state index contributed by atoms with van der Waals surface area (Å²) in [6.45, 7) is 5.17. The third kappa shape index (κ3) is 9.30. The average molecular weight is 290 g/mol. The molecule has 21 heavy (non-hydrogen) atoms. The summed E-state index contributed by atoms with van der Waals surface area (Å²) in [5.74, 6) is 0.441. The fourth-order valence-electron chi connectivity index (χ4n) is 2.47. The van der Waals surface area contributed by atoms with E-state index in [1.165, 1.54) is 51.4 Å². The van der Waals surface area contributed by atoms with E-state index in [4.69, 9.17) is 4.74 Å². The van der Waals surface area contributed by atoms with Gasteiger partial charge >= 0.3 is 0 Å². The van der Waals surface area contributed by atoms with Crippen LogP contribution in [0.4, 0.5) is 0 Å². The minimum absolute atomic E-state index is 0.441. The largest absolute Gasteiger partial charge is 0.508 e. The summed E-state index contributed by atoms with van der Waals surface area (Å²) in [6.07, 6.45) is 13.0. The molecular weight excluding hydrogens is 260 g/mol. The van der Waals surface area contributed by atoms with Gasteiger partial charge in [-0.25, -0.2) is 0 Å². The lowest BCUT2D eigenvalue weighted by Crippen LogP contribution is -1.93. The van der Waals surface area contributed by atoms with Crippen LogP contribution in [0.25, 0.3) is 0 Å². The second kappa shape index (κ2) is 12.5. The SMILES string of the molecule is C=CCOCCCCCCCCCCc1ccccc1O. The Bertz CT molecular complexity index is 374. The van der Waals surface area contributed by atoms with Gasteiger partial charge in [0.1, 0.15) is 5.75 Å². The second-order valence-corrected chi connectivity index (χ2v) is 5.57. The lowest BCUT2D eigenvalue weighted by atomic mass is 10.0. The molecule has 0 radical (unpaired) electrons. The van der Waals surface area contributed by atoms with E-state index in [0.717, 1.165) is 18.6 Å². The molecule has 1 rings (SSSR count). The van der Waals surface area contributed by atoms with Crippen molar-refractivity contribution in [3.05, 3.63) is 42.5 Å². The van der Waals surface area contributed by atoms with Gasteiger partial charge in [0.2, 0.25) is 0 Å². The first-order chi connectivity index (χ1) is 10.3. The van der Waals surface area contributed by atoms with Crippen LogP contribution in [0.5, 0.6) is 5.75 Å². The molecule has 0 saturated heterocycles. The van der Waals surface area contributed by atoms with Crippen molar-refractivity contribution in [2.45, 2.75) is 57.8 Å². The van der Waals surface area contributed by atoms with Gasteiger partial charge in [-0.1, -0.05) is 62.8 Å². The summed E-state index contributed by atoms with van der Waals surface area (Å²) in [5, 5.41) is 9.67. The minimum atomic E-state index is 0.441. The first-order valence-corrected chi connectivity index (χ1v) is 8.30. The maximum atomic E-state index is 9.67. The standard InChI is InChI=1S/C19H30O2/c1-2-16-21-17-12-8-6-4-3-5-7-9-13-18-14-10-11-15-19(18)20/h2,10-11,14-15,20H,1,3-9,12-13,16-17H2. The van der Waals surface area contributed by atoms with E-state index in [-0.39, 0.29) is 0 Å². The van der Waals surface area contributed by atoms with Crippen molar-refractivity contribution >= 4 is 0 Å². The Morgan fingerprint density at radius 2 is 1.52 bits per heavy atom. The summed E-state index contributed by atoms with van der Waals surface area (Å²) in [6, 6.07) is 7.66. The summed E-state index contributed by atoms with van der Waals surface area (Å²) >= 11 is 0. The monoisotopic (exact) mass is 290 g/mol. The van der Waals surface area contributed by atoms with Crippen molar-refractivity contribution in [2.24, 2.45) is 0 Å². The van der Waals surface area contributed by atoms with Gasteiger partial charge in [-0.2, -0.15) is 0 Å². The molecule has 0 atom stereocenters. The Morgan fingerprint density at radius 1 is 0.905 bits per heavy atom. The van der Waals surface area contributed by atoms with Crippen LogP contribution in [0.2, 0.25) is 0 Å². The lowest BCUT2D eigenvalue weighted by molar-refractivity contribution is 0.157. The Balaban J connectivity index is 1.85. The van der Waals surface area contributed by atoms with E-state index in [1.807, 2.05) is 18.2 Å². The average Bonchev–Trinajstić information content (AvgIpc) is 2.50. The predicted octanol–water partition coefficient (Wildman–Crippen LogP) is 5.26. The Hall–Kier alpha value is -1.28. The van der Waals surface area contributed by atoms with E-state index >= 15 is 0 Å². The summed E-state index contributed by atoms with van der Waals surface area (Å²) in [5.41, 5.74) is 1.08. The molecule has 0 aromatic heterocycles. The number of ether oxygens (including phenoxy) is 1. The molecule has 0 spiro atoms. The number of aryl methyl sites for hydroxylation is 1. The van der Waals surface area contributed by atoms with Gasteiger partial charge in [-0.15, -0.1) is 6.58 Å². The number of para-hydroxylation sites is 1. The fraction of sp³-hybridized carbons (Fsp3) is 0.579. The molecule has 0 bridgehead atoms. The Kier molecular flexibility index (Phi) is 10.5. The minimum Gasteiger partial charge on any atom is -0.508 e. The molecule has 0 aliphatic carbocycles. The molecule has 0 unspecified atom stereocenters. The van der Waals surface area contributed by atoms with Crippen molar-refractivity contribution in [1.29, 1.82) is 0 Å². The highest BCUT2D eigenvalue weighted by atomic mass is 16.5. The number of phenols is 1. The molecule has 2 nitrogen and oxygen atoms in total. The van der Waals surface area contributed by atoms with Gasteiger partial charge in [0.25, 0.3) is 0 Å². The predicted molar refractivity (Wildman–Crippen MR) is 89.8 cm³/mol. The zero-order chi connectivity index (χ0) is 15.2. The molecule has 0 aliphatic rings. The molecule has 2 heteroatoms. The van der Waals surface area contributed by atoms with E-state index in [0.29, 0.717) is 12.4 Å². The van der Waals surface area contributed by atoms with Gasteiger partial charge in [-0.05, 0) is 30.9 Å². The summed E-state index contributed by atoms with van der Waals surface area (Å²) in [7, 11) is 0. The first-order valence-electron chi connectivity index (χ1n) is 8.30. The first kappa shape index (κ1) is 17.8. The van der Waals surface area contributed by atoms with Crippen molar-refractivity contribution in [3.8, 4) is 5.75 Å². The Labute approximate surface area is 129 Å². The number of hydrogen-bond donors (Lipinski definition) is 1. The van der Waals surface area contributed by atoms with Crippen LogP contribution in [-0.2, 0) is 11.2 Å². The highest BCUT2D eigenvalue weighted by molar-refractivity contribution is 5.31. The topological polar surface area (TPSA) is 29.5 Å². The molecule has 0 heterocycles.